The lowest BCUT2D eigenvalue weighted by molar-refractivity contribution is 0.289. The summed E-state index contributed by atoms with van der Waals surface area (Å²) in [5.74, 6) is 0.373. The van der Waals surface area contributed by atoms with Gasteiger partial charge in [-0.3, -0.25) is 0 Å². The number of aromatic nitrogens is 3. The Balaban J connectivity index is 1.76. The first-order chi connectivity index (χ1) is 9.28. The maximum absolute atomic E-state index is 12.7. The molecule has 2 aromatic rings. The summed E-state index contributed by atoms with van der Waals surface area (Å²) in [5.41, 5.74) is 6.37. The van der Waals surface area contributed by atoms with Gasteiger partial charge in [0.1, 0.15) is 18.2 Å². The maximum Gasteiger partial charge on any atom is 0.123 e. The van der Waals surface area contributed by atoms with Crippen LogP contribution in [0.5, 0.6) is 5.75 Å². The minimum Gasteiger partial charge on any atom is -0.492 e. The van der Waals surface area contributed by atoms with Crippen molar-refractivity contribution in [1.82, 2.24) is 15.0 Å². The summed E-state index contributed by atoms with van der Waals surface area (Å²) < 4.78 is 19.9. The molecule has 0 spiro atoms. The molecular formula is C13H17FN4O. The van der Waals surface area contributed by atoms with Gasteiger partial charge in [-0.25, -0.2) is 9.07 Å². The molecule has 2 rings (SSSR count). The smallest absolute Gasteiger partial charge is 0.123 e. The molecule has 1 aromatic carbocycles. The molecule has 0 aliphatic rings. The molecule has 0 radical (unpaired) electrons. The minimum absolute atomic E-state index is 0.270. The molecule has 0 atom stereocenters. The molecule has 0 unspecified atom stereocenters. The highest BCUT2D eigenvalue weighted by atomic mass is 19.1. The number of halogens is 1. The van der Waals surface area contributed by atoms with Gasteiger partial charge in [0.25, 0.3) is 0 Å². The normalized spacial score (nSPS) is 10.6. The number of benzene rings is 1. The van der Waals surface area contributed by atoms with Crippen LogP contribution in [0.1, 0.15) is 12.1 Å². The Bertz CT molecular complexity index is 498. The van der Waals surface area contributed by atoms with Crippen LogP contribution in [0.3, 0.4) is 0 Å². The van der Waals surface area contributed by atoms with E-state index in [9.17, 15) is 4.39 Å². The van der Waals surface area contributed by atoms with Gasteiger partial charge in [-0.15, -0.1) is 5.10 Å². The van der Waals surface area contributed by atoms with Crippen LogP contribution in [0.15, 0.2) is 30.5 Å². The third-order valence-electron chi connectivity index (χ3n) is 2.63. The summed E-state index contributed by atoms with van der Waals surface area (Å²) in [6, 6.07) is 5.94. The summed E-state index contributed by atoms with van der Waals surface area (Å²) in [7, 11) is 0. The third kappa shape index (κ3) is 4.33. The van der Waals surface area contributed by atoms with Crippen molar-refractivity contribution in [2.24, 2.45) is 5.73 Å². The van der Waals surface area contributed by atoms with Gasteiger partial charge >= 0.3 is 0 Å². The molecular weight excluding hydrogens is 247 g/mol. The fourth-order valence-electron chi connectivity index (χ4n) is 1.63. The zero-order valence-corrected chi connectivity index (χ0v) is 10.6. The second kappa shape index (κ2) is 6.84. The quantitative estimate of drug-likeness (QED) is 0.820. The Kier molecular flexibility index (Phi) is 4.85. The first-order valence-corrected chi connectivity index (χ1v) is 6.25. The summed E-state index contributed by atoms with van der Waals surface area (Å²) in [5, 5.41) is 8.04. The summed E-state index contributed by atoms with van der Waals surface area (Å²) in [4.78, 5) is 0. The van der Waals surface area contributed by atoms with Gasteiger partial charge in [-0.2, -0.15) is 0 Å². The van der Waals surface area contributed by atoms with Gasteiger partial charge in [0.2, 0.25) is 0 Å². The Morgan fingerprint density at radius 1 is 1.26 bits per heavy atom. The van der Waals surface area contributed by atoms with E-state index in [2.05, 4.69) is 10.3 Å². The fraction of sp³-hybridized carbons (Fsp3) is 0.385. The van der Waals surface area contributed by atoms with Crippen molar-refractivity contribution in [3.8, 4) is 5.75 Å². The predicted octanol–water partition coefficient (Wildman–Crippen LogP) is 1.39. The lowest BCUT2D eigenvalue weighted by Crippen LogP contribution is -2.08. The number of hydrogen-bond acceptors (Lipinski definition) is 4. The van der Waals surface area contributed by atoms with Crippen LogP contribution in [-0.2, 0) is 13.0 Å². The number of nitrogens with zero attached hydrogens (tertiary/aromatic N) is 3. The molecule has 2 N–H and O–H groups in total. The van der Waals surface area contributed by atoms with Crippen molar-refractivity contribution >= 4 is 0 Å². The predicted molar refractivity (Wildman–Crippen MR) is 69.3 cm³/mol. The molecule has 1 aromatic heterocycles. The van der Waals surface area contributed by atoms with Crippen LogP contribution >= 0.6 is 0 Å². The van der Waals surface area contributed by atoms with Crippen LogP contribution in [0, 0.1) is 5.82 Å². The zero-order valence-electron chi connectivity index (χ0n) is 10.6. The molecule has 0 aliphatic heterocycles. The molecule has 5 nitrogen and oxygen atoms in total. The molecule has 102 valence electrons. The topological polar surface area (TPSA) is 66.0 Å². The summed E-state index contributed by atoms with van der Waals surface area (Å²) in [6.45, 7) is 1.72. The van der Waals surface area contributed by atoms with Crippen LogP contribution in [0.25, 0.3) is 0 Å². The Morgan fingerprint density at radius 3 is 2.79 bits per heavy atom. The van der Waals surface area contributed by atoms with Gasteiger partial charge < -0.3 is 10.5 Å². The highest BCUT2D eigenvalue weighted by Crippen LogP contribution is 2.10. The van der Waals surface area contributed by atoms with E-state index in [1.54, 1.807) is 16.8 Å². The minimum atomic E-state index is -0.270. The summed E-state index contributed by atoms with van der Waals surface area (Å²) in [6.07, 6.45) is 3.64. The van der Waals surface area contributed by atoms with Gasteiger partial charge in [0.05, 0.1) is 12.2 Å². The second-order valence-electron chi connectivity index (χ2n) is 4.17. The second-order valence-corrected chi connectivity index (χ2v) is 4.17. The van der Waals surface area contributed by atoms with E-state index in [1.165, 1.54) is 12.1 Å². The molecule has 0 aliphatic carbocycles. The van der Waals surface area contributed by atoms with E-state index < -0.39 is 0 Å². The van der Waals surface area contributed by atoms with E-state index in [4.69, 9.17) is 10.5 Å². The maximum atomic E-state index is 12.7. The van der Waals surface area contributed by atoms with E-state index in [-0.39, 0.29) is 5.82 Å². The number of hydrogen-bond donors (Lipinski definition) is 1. The van der Waals surface area contributed by atoms with Crippen molar-refractivity contribution in [1.29, 1.82) is 0 Å². The first kappa shape index (κ1) is 13.5. The lowest BCUT2D eigenvalue weighted by atomic mass is 10.2. The van der Waals surface area contributed by atoms with Gasteiger partial charge in [0.15, 0.2) is 0 Å². The first-order valence-electron chi connectivity index (χ1n) is 6.25. The van der Waals surface area contributed by atoms with Crippen molar-refractivity contribution in [3.63, 3.8) is 0 Å². The van der Waals surface area contributed by atoms with Gasteiger partial charge in [0, 0.05) is 6.20 Å². The van der Waals surface area contributed by atoms with Gasteiger partial charge in [-0.1, -0.05) is 5.21 Å². The molecule has 19 heavy (non-hydrogen) atoms. The van der Waals surface area contributed by atoms with Crippen molar-refractivity contribution in [2.45, 2.75) is 19.4 Å². The average molecular weight is 264 g/mol. The molecule has 0 saturated carbocycles. The number of nitrogens with two attached hydrogens (primary N) is 1. The van der Waals surface area contributed by atoms with Crippen molar-refractivity contribution in [2.75, 3.05) is 13.2 Å². The SMILES string of the molecule is NCCCc1cn(CCOc2ccc(F)cc2)nn1. The zero-order chi connectivity index (χ0) is 13.5. The Labute approximate surface area is 111 Å². The Morgan fingerprint density at radius 2 is 2.05 bits per heavy atom. The number of rotatable bonds is 7. The lowest BCUT2D eigenvalue weighted by Gasteiger charge is -2.05. The standard InChI is InChI=1S/C13H17FN4O/c14-11-3-5-13(6-4-11)19-9-8-18-10-12(16-17-18)2-1-7-15/h3-6,10H,1-2,7-9,15H2. The van der Waals surface area contributed by atoms with Crippen LogP contribution < -0.4 is 10.5 Å². The molecule has 0 fully saturated rings. The third-order valence-corrected chi connectivity index (χ3v) is 2.63. The van der Waals surface area contributed by atoms with Crippen LogP contribution in [-0.4, -0.2) is 28.1 Å². The molecule has 6 heteroatoms. The molecule has 0 amide bonds. The molecule has 0 bridgehead atoms. The monoisotopic (exact) mass is 264 g/mol. The number of aryl methyl sites for hydroxylation is 1. The molecule has 0 saturated heterocycles. The highest BCUT2D eigenvalue weighted by molar-refractivity contribution is 5.21. The van der Waals surface area contributed by atoms with Gasteiger partial charge in [-0.05, 0) is 43.7 Å². The molecule has 1 heterocycles. The van der Waals surface area contributed by atoms with E-state index >= 15 is 0 Å². The van der Waals surface area contributed by atoms with Crippen molar-refractivity contribution in [3.05, 3.63) is 42.0 Å². The van der Waals surface area contributed by atoms with Crippen LogP contribution in [0.2, 0.25) is 0 Å². The summed E-state index contributed by atoms with van der Waals surface area (Å²) >= 11 is 0. The van der Waals surface area contributed by atoms with Crippen molar-refractivity contribution < 1.29 is 9.13 Å². The fourth-order valence-corrected chi connectivity index (χ4v) is 1.63. The van der Waals surface area contributed by atoms with Crippen LogP contribution in [0.4, 0.5) is 4.39 Å². The highest BCUT2D eigenvalue weighted by Gasteiger charge is 2.01. The van der Waals surface area contributed by atoms with E-state index in [0.29, 0.717) is 25.4 Å². The van der Waals surface area contributed by atoms with E-state index in [0.717, 1.165) is 18.5 Å². The largest absolute Gasteiger partial charge is 0.492 e. The van der Waals surface area contributed by atoms with E-state index in [1.807, 2.05) is 6.20 Å². The number of ether oxygens (including phenoxy) is 1. The Hall–Kier alpha value is -1.95. The average Bonchev–Trinajstić information content (AvgIpc) is 2.87.